The van der Waals surface area contributed by atoms with Gasteiger partial charge in [-0.3, -0.25) is 4.90 Å². The van der Waals surface area contributed by atoms with Crippen LogP contribution in [0.4, 0.5) is 4.39 Å². The molecule has 3 N–H and O–H groups in total. The summed E-state index contributed by atoms with van der Waals surface area (Å²) >= 11 is 0. The van der Waals surface area contributed by atoms with Crippen molar-refractivity contribution in [2.75, 3.05) is 39.3 Å². The van der Waals surface area contributed by atoms with E-state index in [1.54, 1.807) is 0 Å². The average Bonchev–Trinajstić information content (AvgIpc) is 2.54. The second kappa shape index (κ2) is 10.9. The van der Waals surface area contributed by atoms with Gasteiger partial charge in [0.2, 0.25) is 0 Å². The molecule has 132 valence electrons. The Morgan fingerprint density at radius 3 is 2.00 bits per heavy atom. The lowest BCUT2D eigenvalue weighted by Crippen LogP contribution is -2.51. The van der Waals surface area contributed by atoms with E-state index in [0.717, 1.165) is 45.8 Å². The molecular weight excluding hydrogens is 315 g/mol. The molecule has 2 fully saturated rings. The van der Waals surface area contributed by atoms with Crippen LogP contribution in [0.25, 0.3) is 0 Å². The first-order valence-electron chi connectivity index (χ1n) is 8.28. The second-order valence-electron chi connectivity index (χ2n) is 6.27. The Labute approximate surface area is 145 Å². The van der Waals surface area contributed by atoms with Gasteiger partial charge in [-0.15, -0.1) is 12.4 Å². The van der Waals surface area contributed by atoms with Crippen molar-refractivity contribution in [1.82, 2.24) is 20.9 Å². The van der Waals surface area contributed by atoms with E-state index >= 15 is 0 Å². The normalized spacial score (nSPS) is 25.0. The van der Waals surface area contributed by atoms with E-state index in [-0.39, 0.29) is 18.2 Å². The summed E-state index contributed by atoms with van der Waals surface area (Å²) in [5, 5.41) is 10.0. The van der Waals surface area contributed by atoms with Gasteiger partial charge >= 0.3 is 0 Å². The Kier molecular flexibility index (Phi) is 9.67. The van der Waals surface area contributed by atoms with Crippen LogP contribution in [0.5, 0.6) is 0 Å². The highest BCUT2D eigenvalue weighted by Crippen LogP contribution is 2.06. The Bertz CT molecular complexity index is 405. The highest BCUT2D eigenvalue weighted by molar-refractivity contribution is 5.85. The van der Waals surface area contributed by atoms with Gasteiger partial charge in [0.25, 0.3) is 0 Å². The van der Waals surface area contributed by atoms with Crippen LogP contribution in [0.15, 0.2) is 24.3 Å². The molecule has 23 heavy (non-hydrogen) atoms. The number of piperazine rings is 2. The summed E-state index contributed by atoms with van der Waals surface area (Å²) in [5.41, 5.74) is 1.19. The van der Waals surface area contributed by atoms with Crippen LogP contribution in [-0.4, -0.2) is 56.3 Å². The predicted molar refractivity (Wildman–Crippen MR) is 96.7 cm³/mol. The monoisotopic (exact) mass is 344 g/mol. The van der Waals surface area contributed by atoms with Gasteiger partial charge < -0.3 is 16.0 Å². The minimum Gasteiger partial charge on any atom is -0.314 e. The summed E-state index contributed by atoms with van der Waals surface area (Å²) in [6.07, 6.45) is 0. The fraction of sp³-hybridized carbons (Fsp3) is 0.647. The van der Waals surface area contributed by atoms with Crippen molar-refractivity contribution < 1.29 is 4.39 Å². The molecule has 2 aliphatic rings. The van der Waals surface area contributed by atoms with Crippen molar-refractivity contribution in [2.24, 2.45) is 0 Å². The van der Waals surface area contributed by atoms with Gasteiger partial charge in [-0.05, 0) is 31.5 Å². The van der Waals surface area contributed by atoms with Crippen LogP contribution < -0.4 is 16.0 Å². The molecule has 0 spiro atoms. The molecule has 0 amide bonds. The van der Waals surface area contributed by atoms with E-state index < -0.39 is 0 Å². The zero-order valence-corrected chi connectivity index (χ0v) is 15.0. The SMILES string of the molecule is C[C@@H]1CN[C@@H](C)CN1.Cl.Fc1ccc(CN2CCNCC2)cc1. The summed E-state index contributed by atoms with van der Waals surface area (Å²) in [6.45, 7) is 11.8. The van der Waals surface area contributed by atoms with E-state index in [9.17, 15) is 4.39 Å². The zero-order valence-electron chi connectivity index (χ0n) is 14.1. The lowest BCUT2D eigenvalue weighted by atomic mass is 10.2. The van der Waals surface area contributed by atoms with Crippen LogP contribution in [0, 0.1) is 5.82 Å². The Morgan fingerprint density at radius 2 is 1.52 bits per heavy atom. The summed E-state index contributed by atoms with van der Waals surface area (Å²) in [7, 11) is 0. The molecule has 2 atom stereocenters. The Morgan fingerprint density at radius 1 is 1.00 bits per heavy atom. The molecule has 0 bridgehead atoms. The summed E-state index contributed by atoms with van der Waals surface area (Å²) in [5.74, 6) is -0.158. The van der Waals surface area contributed by atoms with Gasteiger partial charge in [-0.1, -0.05) is 12.1 Å². The van der Waals surface area contributed by atoms with Gasteiger partial charge in [-0.25, -0.2) is 4.39 Å². The maximum Gasteiger partial charge on any atom is 0.123 e. The standard InChI is InChI=1S/C11H15FN2.C6H14N2.ClH/c12-11-3-1-10(2-4-11)9-14-7-5-13-6-8-14;1-5-3-8-6(2)4-7-5;/h1-4,13H,5-9H2;5-8H,3-4H2,1-2H3;1H/t;5-,6+;. The Balaban J connectivity index is 0.000000253. The van der Waals surface area contributed by atoms with Gasteiger partial charge in [0.15, 0.2) is 0 Å². The fourth-order valence-corrected chi connectivity index (χ4v) is 2.62. The van der Waals surface area contributed by atoms with Gasteiger partial charge in [0.05, 0.1) is 0 Å². The summed E-state index contributed by atoms with van der Waals surface area (Å²) in [4.78, 5) is 2.38. The third-order valence-corrected chi connectivity index (χ3v) is 4.07. The maximum atomic E-state index is 12.6. The Hall–Kier alpha value is -0.720. The van der Waals surface area contributed by atoms with Crippen LogP contribution >= 0.6 is 12.4 Å². The number of rotatable bonds is 2. The molecular formula is C17H30ClFN4. The second-order valence-corrected chi connectivity index (χ2v) is 6.27. The number of halogens is 2. The number of nitrogens with zero attached hydrogens (tertiary/aromatic N) is 1. The molecule has 4 nitrogen and oxygen atoms in total. The third-order valence-electron chi connectivity index (χ3n) is 4.07. The molecule has 2 saturated heterocycles. The molecule has 3 rings (SSSR count). The first-order chi connectivity index (χ1) is 10.6. The van der Waals surface area contributed by atoms with Crippen molar-refractivity contribution in [3.8, 4) is 0 Å². The van der Waals surface area contributed by atoms with Crippen LogP contribution in [0.3, 0.4) is 0 Å². The minimum absolute atomic E-state index is 0. The largest absolute Gasteiger partial charge is 0.314 e. The lowest BCUT2D eigenvalue weighted by Gasteiger charge is -2.27. The van der Waals surface area contributed by atoms with Crippen LogP contribution in [0.2, 0.25) is 0 Å². The number of benzene rings is 1. The zero-order chi connectivity index (χ0) is 15.8. The first kappa shape index (κ1) is 20.3. The van der Waals surface area contributed by atoms with Gasteiger partial charge in [-0.2, -0.15) is 0 Å². The van der Waals surface area contributed by atoms with Crippen LogP contribution in [-0.2, 0) is 6.54 Å². The smallest absolute Gasteiger partial charge is 0.123 e. The molecule has 0 unspecified atom stereocenters. The molecule has 0 radical (unpaired) electrons. The molecule has 0 aliphatic carbocycles. The average molecular weight is 345 g/mol. The van der Waals surface area contributed by atoms with Crippen molar-refractivity contribution in [2.45, 2.75) is 32.5 Å². The molecule has 6 heteroatoms. The summed E-state index contributed by atoms with van der Waals surface area (Å²) < 4.78 is 12.6. The number of hydrogen-bond donors (Lipinski definition) is 3. The number of hydrogen-bond acceptors (Lipinski definition) is 4. The molecule has 0 saturated carbocycles. The first-order valence-corrected chi connectivity index (χ1v) is 8.28. The third kappa shape index (κ3) is 8.08. The molecule has 2 aliphatic heterocycles. The predicted octanol–water partition coefficient (Wildman–Crippen LogP) is 1.61. The summed E-state index contributed by atoms with van der Waals surface area (Å²) in [6, 6.07) is 8.08. The van der Waals surface area contributed by atoms with E-state index in [1.165, 1.54) is 17.7 Å². The van der Waals surface area contributed by atoms with E-state index in [2.05, 4.69) is 34.7 Å². The van der Waals surface area contributed by atoms with E-state index in [0.29, 0.717) is 12.1 Å². The number of nitrogens with one attached hydrogen (secondary N) is 3. The van der Waals surface area contributed by atoms with Crippen LogP contribution in [0.1, 0.15) is 19.4 Å². The van der Waals surface area contributed by atoms with E-state index in [4.69, 9.17) is 0 Å². The molecule has 0 aromatic heterocycles. The highest BCUT2D eigenvalue weighted by Gasteiger charge is 2.11. The molecule has 1 aromatic carbocycles. The fourth-order valence-electron chi connectivity index (χ4n) is 2.62. The minimum atomic E-state index is -0.158. The van der Waals surface area contributed by atoms with E-state index in [1.807, 2.05) is 12.1 Å². The van der Waals surface area contributed by atoms with Gasteiger partial charge in [0, 0.05) is 57.9 Å². The van der Waals surface area contributed by atoms with Crippen molar-refractivity contribution in [1.29, 1.82) is 0 Å². The van der Waals surface area contributed by atoms with Crippen molar-refractivity contribution in [3.05, 3.63) is 35.6 Å². The lowest BCUT2D eigenvalue weighted by molar-refractivity contribution is 0.233. The molecule has 2 heterocycles. The quantitative estimate of drug-likeness (QED) is 0.762. The maximum absolute atomic E-state index is 12.6. The van der Waals surface area contributed by atoms with Crippen molar-refractivity contribution in [3.63, 3.8) is 0 Å². The van der Waals surface area contributed by atoms with Crippen molar-refractivity contribution >= 4 is 12.4 Å². The topological polar surface area (TPSA) is 39.3 Å². The highest BCUT2D eigenvalue weighted by atomic mass is 35.5. The molecule has 1 aromatic rings. The van der Waals surface area contributed by atoms with Gasteiger partial charge in [0.1, 0.15) is 5.82 Å².